The Kier molecular flexibility index (Phi) is 13.8. The molecule has 0 spiro atoms. The molecule has 2 aliphatic rings. The van der Waals surface area contributed by atoms with Gasteiger partial charge >= 0.3 is 11.9 Å². The number of likely N-dealkylation sites (tertiary alicyclic amines) is 1. The predicted octanol–water partition coefficient (Wildman–Crippen LogP) is 5.51. The number of methoxy groups -OCH3 is 2. The van der Waals surface area contributed by atoms with E-state index in [9.17, 15) is 29.8 Å². The standard InChI is InChI=1S/C33H45N5O11Si.H2S/c1-33(2,3)50(6,7)49-24-10-13-36(18-24)23-19-47-27-16-21(31(39)45-4)14-25(37(41)42)29(27)34-11-8-9-12-35-30-26(38(43)44)15-22(32(40)46-5)17-28(30)48-20-23;/h8-9,14-17,23-24,34-35H,10-13,18-20H2,1-7H3;1H2/b9-8+;/t24-;/m0./s1. The number of esters is 2. The first-order chi connectivity index (χ1) is 23.6. The molecule has 1 atom stereocenters. The van der Waals surface area contributed by atoms with Crippen LogP contribution in [0.25, 0.3) is 0 Å². The van der Waals surface area contributed by atoms with E-state index in [1.54, 1.807) is 12.2 Å². The monoisotopic (exact) mass is 749 g/mol. The number of nitrogens with one attached hydrogen (secondary N) is 2. The smallest absolute Gasteiger partial charge is 0.338 e. The fourth-order valence-electron chi connectivity index (χ4n) is 5.44. The number of hydrogen-bond acceptors (Lipinski definition) is 14. The van der Waals surface area contributed by atoms with E-state index in [1.807, 2.05) is 0 Å². The third-order valence-corrected chi connectivity index (χ3v) is 13.7. The number of ether oxygens (including phenoxy) is 4. The van der Waals surface area contributed by atoms with Gasteiger partial charge in [0.1, 0.15) is 24.7 Å². The maximum atomic E-state index is 12.5. The van der Waals surface area contributed by atoms with E-state index in [4.69, 9.17) is 23.4 Å². The maximum Gasteiger partial charge on any atom is 0.338 e. The summed E-state index contributed by atoms with van der Waals surface area (Å²) in [5.41, 5.74) is -0.756. The van der Waals surface area contributed by atoms with Crippen LogP contribution >= 0.6 is 13.5 Å². The largest absolute Gasteiger partial charge is 0.489 e. The molecule has 0 saturated carbocycles. The van der Waals surface area contributed by atoms with E-state index in [0.29, 0.717) is 13.1 Å². The number of rotatable bonds is 7. The van der Waals surface area contributed by atoms with Gasteiger partial charge in [-0.3, -0.25) is 25.1 Å². The van der Waals surface area contributed by atoms with Gasteiger partial charge in [0.25, 0.3) is 11.4 Å². The van der Waals surface area contributed by atoms with E-state index in [-0.39, 0.29) is 96.3 Å². The highest BCUT2D eigenvalue weighted by molar-refractivity contribution is 7.59. The van der Waals surface area contributed by atoms with Crippen LogP contribution in [0.15, 0.2) is 36.4 Å². The number of anilines is 2. The number of nitro benzene ring substituents is 2. The first-order valence-corrected chi connectivity index (χ1v) is 19.1. The molecule has 0 bridgehead atoms. The molecule has 0 unspecified atom stereocenters. The van der Waals surface area contributed by atoms with Crippen molar-refractivity contribution in [2.24, 2.45) is 0 Å². The third kappa shape index (κ3) is 9.90. The van der Waals surface area contributed by atoms with Crippen LogP contribution in [0, 0.1) is 20.2 Å². The van der Waals surface area contributed by atoms with Crippen LogP contribution in [0.1, 0.15) is 47.9 Å². The maximum absolute atomic E-state index is 12.5. The Labute approximate surface area is 304 Å². The van der Waals surface area contributed by atoms with Crippen LogP contribution in [0.5, 0.6) is 11.5 Å². The van der Waals surface area contributed by atoms with Gasteiger partial charge in [0, 0.05) is 38.3 Å². The minimum Gasteiger partial charge on any atom is -0.489 e. The number of carbonyl (C=O) groups excluding carboxylic acids is 2. The summed E-state index contributed by atoms with van der Waals surface area (Å²) in [5.74, 6) is -1.43. The molecule has 0 aliphatic carbocycles. The van der Waals surface area contributed by atoms with E-state index in [1.165, 1.54) is 26.4 Å². The van der Waals surface area contributed by atoms with Gasteiger partial charge in [0.2, 0.25) is 0 Å². The van der Waals surface area contributed by atoms with Crippen molar-refractivity contribution in [1.82, 2.24) is 4.90 Å². The van der Waals surface area contributed by atoms with Gasteiger partial charge in [0.15, 0.2) is 19.7 Å². The summed E-state index contributed by atoms with van der Waals surface area (Å²) >= 11 is 0. The number of fused-ring (bicyclic) bond motifs is 2. The highest BCUT2D eigenvalue weighted by Crippen LogP contribution is 2.40. The van der Waals surface area contributed by atoms with Crippen molar-refractivity contribution in [2.45, 2.75) is 57.5 Å². The summed E-state index contributed by atoms with van der Waals surface area (Å²) in [6.45, 7) is 12.2. The summed E-state index contributed by atoms with van der Waals surface area (Å²) in [6, 6.07) is 4.51. The van der Waals surface area contributed by atoms with Crippen LogP contribution < -0.4 is 20.1 Å². The van der Waals surface area contributed by atoms with Crippen molar-refractivity contribution >= 4 is 56.5 Å². The average Bonchev–Trinajstić information content (AvgIpc) is 3.51. The Morgan fingerprint density at radius 2 is 1.31 bits per heavy atom. The molecule has 4 rings (SSSR count). The number of nitrogens with zero attached hydrogens (tertiary/aromatic N) is 3. The first-order valence-electron chi connectivity index (χ1n) is 16.2. The number of nitro groups is 2. The minimum absolute atomic E-state index is 0. The van der Waals surface area contributed by atoms with Crippen LogP contribution in [0.3, 0.4) is 0 Å². The lowest BCUT2D eigenvalue weighted by molar-refractivity contribution is -0.384. The third-order valence-electron chi connectivity index (χ3n) is 9.18. The fourth-order valence-corrected chi connectivity index (χ4v) is 6.82. The van der Waals surface area contributed by atoms with Gasteiger partial charge in [-0.15, -0.1) is 0 Å². The molecule has 1 saturated heterocycles. The fraction of sp³-hybridized carbons (Fsp3) is 0.515. The van der Waals surface area contributed by atoms with E-state index in [0.717, 1.165) is 18.6 Å². The highest BCUT2D eigenvalue weighted by Gasteiger charge is 2.41. The molecule has 2 aromatic rings. The molecule has 1 fully saturated rings. The van der Waals surface area contributed by atoms with Crippen molar-refractivity contribution in [2.75, 3.05) is 64.2 Å². The van der Waals surface area contributed by atoms with Gasteiger partial charge in [0.05, 0.1) is 47.3 Å². The Hall–Kier alpha value is -4.39. The lowest BCUT2D eigenvalue weighted by Gasteiger charge is -2.38. The van der Waals surface area contributed by atoms with Crippen LogP contribution in [-0.4, -0.2) is 101 Å². The van der Waals surface area contributed by atoms with Gasteiger partial charge in [-0.1, -0.05) is 32.9 Å². The van der Waals surface area contributed by atoms with E-state index < -0.39 is 36.1 Å². The minimum atomic E-state index is -2.11. The number of hydrogen-bond donors (Lipinski definition) is 2. The summed E-state index contributed by atoms with van der Waals surface area (Å²) in [6.07, 6.45) is 4.00. The van der Waals surface area contributed by atoms with Gasteiger partial charge < -0.3 is 34.0 Å². The summed E-state index contributed by atoms with van der Waals surface area (Å²) in [4.78, 5) is 50.2. The zero-order chi connectivity index (χ0) is 36.8. The normalized spacial score (nSPS) is 18.0. The molecule has 280 valence electrons. The topological polar surface area (TPSA) is 194 Å². The molecule has 2 aromatic carbocycles. The van der Waals surface area contributed by atoms with Gasteiger partial charge in [-0.05, 0) is 36.7 Å². The molecule has 18 heteroatoms. The molecule has 51 heavy (non-hydrogen) atoms. The zero-order valence-corrected chi connectivity index (χ0v) is 31.9. The molecule has 0 aromatic heterocycles. The van der Waals surface area contributed by atoms with Crippen LogP contribution in [-0.2, 0) is 13.9 Å². The zero-order valence-electron chi connectivity index (χ0n) is 29.9. The molecule has 2 heterocycles. The number of carbonyl (C=O) groups is 2. The Morgan fingerprint density at radius 1 is 0.863 bits per heavy atom. The molecule has 16 nitrogen and oxygen atoms in total. The SMILES string of the molecule is COC(=O)c1cc2c(c([N+](=O)[O-])c1)NC/C=C/CNc1c(cc(C(=O)OC)cc1[N+](=O)[O-])OCC(N1CC[C@H](O[Si](C)(C)C(C)(C)C)C1)CO2.S. The van der Waals surface area contributed by atoms with Gasteiger partial charge in [-0.25, -0.2) is 9.59 Å². The van der Waals surface area contributed by atoms with Crippen molar-refractivity contribution in [3.63, 3.8) is 0 Å². The van der Waals surface area contributed by atoms with Crippen molar-refractivity contribution in [3.05, 3.63) is 67.8 Å². The van der Waals surface area contributed by atoms with Crippen LogP contribution in [0.4, 0.5) is 22.7 Å². The van der Waals surface area contributed by atoms with Crippen LogP contribution in [0.2, 0.25) is 18.1 Å². The lowest BCUT2D eigenvalue weighted by atomic mass is 10.1. The Bertz CT molecular complexity index is 1550. The molecular formula is C33H47N5O11SSi. The highest BCUT2D eigenvalue weighted by atomic mass is 32.1. The molecule has 0 radical (unpaired) electrons. The van der Waals surface area contributed by atoms with Gasteiger partial charge in [-0.2, -0.15) is 13.5 Å². The van der Waals surface area contributed by atoms with Crippen molar-refractivity contribution in [1.29, 1.82) is 0 Å². The molecule has 0 amide bonds. The van der Waals surface area contributed by atoms with E-state index in [2.05, 4.69) is 49.4 Å². The first kappa shape index (κ1) is 41.0. The number of benzene rings is 2. The second-order valence-corrected chi connectivity index (χ2v) is 18.3. The molecular weight excluding hydrogens is 703 g/mol. The van der Waals surface area contributed by atoms with E-state index >= 15 is 0 Å². The summed E-state index contributed by atoms with van der Waals surface area (Å²) in [5, 5.41) is 30.4. The van der Waals surface area contributed by atoms with Crippen molar-refractivity contribution < 1.29 is 42.8 Å². The Balaban J connectivity index is 0.00000702. The average molecular weight is 750 g/mol. The summed E-state index contributed by atoms with van der Waals surface area (Å²) < 4.78 is 29.0. The molecule has 2 aliphatic heterocycles. The second-order valence-electron chi connectivity index (χ2n) is 13.5. The Morgan fingerprint density at radius 3 is 1.71 bits per heavy atom. The predicted molar refractivity (Wildman–Crippen MR) is 198 cm³/mol. The quantitative estimate of drug-likeness (QED) is 0.118. The second kappa shape index (κ2) is 17.2. The summed E-state index contributed by atoms with van der Waals surface area (Å²) in [7, 11) is 0.251. The van der Waals surface area contributed by atoms with Crippen molar-refractivity contribution in [3.8, 4) is 11.5 Å². The lowest BCUT2D eigenvalue weighted by Crippen LogP contribution is -2.46. The molecule has 2 N–H and O–H groups in total.